The molecule has 0 unspecified atom stereocenters. The van der Waals surface area contributed by atoms with Crippen molar-refractivity contribution in [1.29, 1.82) is 0 Å². The first kappa shape index (κ1) is 8.05. The van der Waals surface area contributed by atoms with Crippen molar-refractivity contribution in [3.8, 4) is 0 Å². The van der Waals surface area contributed by atoms with E-state index in [4.69, 9.17) is 4.84 Å². The zero-order valence-electron chi connectivity index (χ0n) is 7.67. The van der Waals surface area contributed by atoms with Crippen LogP contribution in [0.3, 0.4) is 0 Å². The van der Waals surface area contributed by atoms with Gasteiger partial charge in [0.2, 0.25) is 5.91 Å². The summed E-state index contributed by atoms with van der Waals surface area (Å²) in [5.41, 5.74) is -0.0551. The molecule has 3 nitrogen and oxygen atoms in total. The van der Waals surface area contributed by atoms with Gasteiger partial charge in [0.05, 0.1) is 11.6 Å². The molecule has 1 saturated carbocycles. The molecule has 0 N–H and O–H groups in total. The van der Waals surface area contributed by atoms with Gasteiger partial charge in [-0.05, 0) is 32.6 Å². The molecule has 2 saturated heterocycles. The highest BCUT2D eigenvalue weighted by atomic mass is 16.7. The predicted molar refractivity (Wildman–Crippen MR) is 44.3 cm³/mol. The second kappa shape index (κ2) is 2.46. The molecular weight excluding hydrogens is 154 g/mol. The van der Waals surface area contributed by atoms with Gasteiger partial charge < -0.3 is 0 Å². The number of hydroxylamine groups is 2. The third-order valence-corrected chi connectivity index (χ3v) is 2.97. The van der Waals surface area contributed by atoms with Crippen LogP contribution in [0.1, 0.15) is 39.5 Å². The van der Waals surface area contributed by atoms with Gasteiger partial charge in [0.25, 0.3) is 0 Å². The molecule has 1 amide bonds. The first-order valence-corrected chi connectivity index (χ1v) is 4.60. The number of amides is 1. The molecule has 0 aromatic carbocycles. The number of rotatable bonds is 0. The van der Waals surface area contributed by atoms with E-state index >= 15 is 0 Å². The maximum absolute atomic E-state index is 11.1. The molecule has 3 heteroatoms. The van der Waals surface area contributed by atoms with E-state index in [-0.39, 0.29) is 11.5 Å². The van der Waals surface area contributed by atoms with Crippen LogP contribution in [0.5, 0.6) is 0 Å². The smallest absolute Gasteiger partial charge is 0.243 e. The molecule has 3 fully saturated rings. The predicted octanol–water partition coefficient (Wildman–Crippen LogP) is 1.48. The summed E-state index contributed by atoms with van der Waals surface area (Å²) in [6.07, 6.45) is 4.41. The summed E-state index contributed by atoms with van der Waals surface area (Å²) in [5, 5.41) is 1.58. The number of fused-ring (bicyclic) bond motifs is 3. The maximum Gasteiger partial charge on any atom is 0.243 e. The molecule has 0 radical (unpaired) electrons. The topological polar surface area (TPSA) is 29.5 Å². The standard InChI is InChI=1S/C9H15NO2/c1-7(11)10-8-3-5-9(2,12-10)6-4-8/h8H,3-6H2,1-2H3. The maximum atomic E-state index is 11.1. The lowest BCUT2D eigenvalue weighted by Gasteiger charge is -2.49. The molecule has 2 aliphatic heterocycles. The summed E-state index contributed by atoms with van der Waals surface area (Å²) >= 11 is 0. The van der Waals surface area contributed by atoms with Crippen LogP contribution < -0.4 is 0 Å². The monoisotopic (exact) mass is 169 g/mol. The van der Waals surface area contributed by atoms with E-state index in [9.17, 15) is 4.79 Å². The van der Waals surface area contributed by atoms with Gasteiger partial charge >= 0.3 is 0 Å². The summed E-state index contributed by atoms with van der Waals surface area (Å²) < 4.78 is 0. The second-order valence-electron chi connectivity index (χ2n) is 4.12. The molecule has 0 atom stereocenters. The van der Waals surface area contributed by atoms with Gasteiger partial charge in [0.1, 0.15) is 0 Å². The van der Waals surface area contributed by atoms with Gasteiger partial charge in [-0.3, -0.25) is 9.63 Å². The van der Waals surface area contributed by atoms with Crippen LogP contribution in [-0.2, 0) is 9.63 Å². The Kier molecular flexibility index (Phi) is 1.65. The molecular formula is C9H15NO2. The van der Waals surface area contributed by atoms with E-state index in [0.29, 0.717) is 6.04 Å². The van der Waals surface area contributed by atoms with Gasteiger partial charge in [0.15, 0.2) is 0 Å². The van der Waals surface area contributed by atoms with Crippen LogP contribution in [0.15, 0.2) is 0 Å². The van der Waals surface area contributed by atoms with Gasteiger partial charge in [-0.25, -0.2) is 5.06 Å². The van der Waals surface area contributed by atoms with Crippen LogP contribution in [0.4, 0.5) is 0 Å². The third kappa shape index (κ3) is 1.12. The van der Waals surface area contributed by atoms with E-state index in [1.807, 2.05) is 0 Å². The van der Waals surface area contributed by atoms with Crippen molar-refractivity contribution in [1.82, 2.24) is 5.06 Å². The lowest BCUT2D eigenvalue weighted by Crippen LogP contribution is -2.56. The minimum Gasteiger partial charge on any atom is -0.273 e. The highest BCUT2D eigenvalue weighted by Gasteiger charge is 2.44. The van der Waals surface area contributed by atoms with Crippen LogP contribution in [0.25, 0.3) is 0 Å². The van der Waals surface area contributed by atoms with Crippen molar-refractivity contribution in [3.05, 3.63) is 0 Å². The van der Waals surface area contributed by atoms with E-state index in [0.717, 1.165) is 25.7 Å². The zero-order chi connectivity index (χ0) is 8.77. The van der Waals surface area contributed by atoms with Crippen molar-refractivity contribution < 1.29 is 9.63 Å². The summed E-state index contributed by atoms with van der Waals surface area (Å²) in [5.74, 6) is 0.0469. The van der Waals surface area contributed by atoms with Crippen molar-refractivity contribution in [2.45, 2.75) is 51.2 Å². The fourth-order valence-electron chi connectivity index (χ4n) is 2.17. The Morgan fingerprint density at radius 1 is 1.50 bits per heavy atom. The first-order chi connectivity index (χ1) is 5.61. The zero-order valence-corrected chi connectivity index (χ0v) is 7.67. The molecule has 0 aromatic rings. The average Bonchev–Trinajstić information content (AvgIpc) is 2.04. The highest BCUT2D eigenvalue weighted by Crippen LogP contribution is 2.40. The van der Waals surface area contributed by atoms with Gasteiger partial charge in [-0.1, -0.05) is 0 Å². The Balaban J connectivity index is 2.16. The number of hydrogen-bond acceptors (Lipinski definition) is 2. The van der Waals surface area contributed by atoms with Crippen LogP contribution >= 0.6 is 0 Å². The van der Waals surface area contributed by atoms with Crippen LogP contribution in [-0.4, -0.2) is 22.6 Å². The number of carbonyl (C=O) groups excluding carboxylic acids is 1. The van der Waals surface area contributed by atoms with E-state index in [1.54, 1.807) is 12.0 Å². The minimum atomic E-state index is -0.0551. The second-order valence-corrected chi connectivity index (χ2v) is 4.12. The lowest BCUT2D eigenvalue weighted by molar-refractivity contribution is -0.300. The Morgan fingerprint density at radius 2 is 2.08 bits per heavy atom. The van der Waals surface area contributed by atoms with E-state index in [2.05, 4.69) is 6.92 Å². The molecule has 12 heavy (non-hydrogen) atoms. The fourth-order valence-corrected chi connectivity index (χ4v) is 2.17. The van der Waals surface area contributed by atoms with Gasteiger partial charge in [-0.15, -0.1) is 0 Å². The van der Waals surface area contributed by atoms with Crippen molar-refractivity contribution in [2.24, 2.45) is 0 Å². The minimum absolute atomic E-state index is 0.0469. The number of nitrogens with zero attached hydrogens (tertiary/aromatic N) is 1. The summed E-state index contributed by atoms with van der Waals surface area (Å²) in [7, 11) is 0. The molecule has 68 valence electrons. The molecule has 0 spiro atoms. The van der Waals surface area contributed by atoms with Crippen LogP contribution in [0, 0.1) is 0 Å². The molecule has 0 aromatic heterocycles. The molecule has 2 heterocycles. The average molecular weight is 169 g/mol. The largest absolute Gasteiger partial charge is 0.273 e. The summed E-state index contributed by atoms with van der Waals surface area (Å²) in [6, 6.07) is 0.351. The Bertz CT molecular complexity index is 207. The molecule has 2 bridgehead atoms. The lowest BCUT2D eigenvalue weighted by atomic mass is 9.81. The normalized spacial score (nSPS) is 40.2. The van der Waals surface area contributed by atoms with Gasteiger partial charge in [-0.2, -0.15) is 0 Å². The molecule has 1 aliphatic carbocycles. The van der Waals surface area contributed by atoms with Gasteiger partial charge in [0, 0.05) is 6.92 Å². The summed E-state index contributed by atoms with van der Waals surface area (Å²) in [6.45, 7) is 3.67. The quantitative estimate of drug-likeness (QED) is 0.549. The van der Waals surface area contributed by atoms with Crippen LogP contribution in [0.2, 0.25) is 0 Å². The molecule has 3 aliphatic rings. The number of carbonyl (C=O) groups is 1. The molecule has 3 rings (SSSR count). The van der Waals surface area contributed by atoms with E-state index < -0.39 is 0 Å². The summed E-state index contributed by atoms with van der Waals surface area (Å²) in [4.78, 5) is 16.7. The first-order valence-electron chi connectivity index (χ1n) is 4.60. The van der Waals surface area contributed by atoms with E-state index in [1.165, 1.54) is 0 Å². The highest BCUT2D eigenvalue weighted by molar-refractivity contribution is 5.72. The van der Waals surface area contributed by atoms with Crippen molar-refractivity contribution in [3.63, 3.8) is 0 Å². The van der Waals surface area contributed by atoms with Crippen molar-refractivity contribution in [2.75, 3.05) is 0 Å². The Morgan fingerprint density at radius 3 is 2.42 bits per heavy atom. The number of hydrogen-bond donors (Lipinski definition) is 0. The Labute approximate surface area is 72.6 Å². The van der Waals surface area contributed by atoms with Crippen molar-refractivity contribution >= 4 is 5.91 Å². The SMILES string of the molecule is CC(=O)N1OC2(C)CCC1CC2. The Hall–Kier alpha value is -0.570. The third-order valence-electron chi connectivity index (χ3n) is 2.97. The fraction of sp³-hybridized carbons (Fsp3) is 0.889.